The van der Waals surface area contributed by atoms with Crippen LogP contribution in [0.25, 0.3) is 0 Å². The molecule has 0 aromatic heterocycles. The van der Waals surface area contributed by atoms with Crippen LogP contribution in [0.1, 0.15) is 120 Å². The zero-order valence-electron chi connectivity index (χ0n) is 18.9. The van der Waals surface area contributed by atoms with Crippen LogP contribution >= 0.6 is 0 Å². The van der Waals surface area contributed by atoms with Crippen molar-refractivity contribution >= 4 is 17.6 Å². The first-order valence-electron chi connectivity index (χ1n) is 12.0. The van der Waals surface area contributed by atoms with Crippen molar-refractivity contribution in [1.29, 1.82) is 0 Å². The smallest absolute Gasteiger partial charge is 0.365 e. The molecule has 0 spiro atoms. The lowest BCUT2D eigenvalue weighted by molar-refractivity contribution is -0.130. The van der Waals surface area contributed by atoms with E-state index < -0.39 is 5.97 Å². The molecule has 0 atom stereocenters. The third kappa shape index (κ3) is 13.2. The maximum atomic E-state index is 11.9. The van der Waals surface area contributed by atoms with Gasteiger partial charge in [0.15, 0.2) is 0 Å². The fraction of sp³-hybridized carbons (Fsp3) is 0.680. The molecule has 0 saturated heterocycles. The fourth-order valence-electron chi connectivity index (χ4n) is 3.55. The Morgan fingerprint density at radius 3 is 1.73 bits per heavy atom. The molecule has 5 heteroatoms. The molecule has 3 N–H and O–H groups in total. The van der Waals surface area contributed by atoms with Crippen molar-refractivity contribution in [3.63, 3.8) is 0 Å². The van der Waals surface area contributed by atoms with Gasteiger partial charge in [-0.3, -0.25) is 4.79 Å². The second-order valence-electron chi connectivity index (χ2n) is 8.20. The molecule has 30 heavy (non-hydrogen) atoms. The van der Waals surface area contributed by atoms with Gasteiger partial charge in [-0.25, -0.2) is 4.79 Å². The van der Waals surface area contributed by atoms with Gasteiger partial charge in [0.1, 0.15) is 0 Å². The first-order valence-corrected chi connectivity index (χ1v) is 12.0. The van der Waals surface area contributed by atoms with Crippen molar-refractivity contribution < 1.29 is 14.4 Å². The lowest BCUT2D eigenvalue weighted by Gasteiger charge is -2.07. The summed E-state index contributed by atoms with van der Waals surface area (Å²) in [4.78, 5) is 28.5. The molecule has 1 aromatic rings. The zero-order valence-corrected chi connectivity index (χ0v) is 18.9. The summed E-state index contributed by atoms with van der Waals surface area (Å²) >= 11 is 0. The molecule has 0 fully saturated rings. The molecule has 0 aliphatic heterocycles. The molecule has 1 amide bonds. The standard InChI is InChI=1S/C25H42N2O3/c1-2-3-4-5-6-7-8-9-10-11-12-13-14-15-16-21-24(28)27-30-25(29)22-19-17-18-20-23(22)26/h17-20H,2-16,21,26H2,1H3,(H,27,28). The number of hydroxylamine groups is 1. The number of para-hydroxylation sites is 1. The number of hydrogen-bond donors (Lipinski definition) is 2. The third-order valence-electron chi connectivity index (χ3n) is 5.45. The van der Waals surface area contributed by atoms with Crippen LogP contribution in [0.3, 0.4) is 0 Å². The Bertz CT molecular complexity index is 590. The number of carbonyl (C=O) groups is 2. The summed E-state index contributed by atoms with van der Waals surface area (Å²) < 4.78 is 0. The maximum absolute atomic E-state index is 11.9. The Hall–Kier alpha value is -2.04. The van der Waals surface area contributed by atoms with Gasteiger partial charge in [0.2, 0.25) is 0 Å². The van der Waals surface area contributed by atoms with E-state index in [1.54, 1.807) is 24.3 Å². The van der Waals surface area contributed by atoms with Crippen LogP contribution in [0.2, 0.25) is 0 Å². The number of hydrogen-bond acceptors (Lipinski definition) is 4. The second kappa shape index (κ2) is 17.8. The quantitative estimate of drug-likeness (QED) is 0.167. The molecule has 0 saturated carbocycles. The van der Waals surface area contributed by atoms with Gasteiger partial charge >= 0.3 is 5.97 Å². The van der Waals surface area contributed by atoms with E-state index in [2.05, 4.69) is 12.4 Å². The SMILES string of the molecule is CCCCCCCCCCCCCCCCCC(=O)NOC(=O)c1ccccc1N. The molecule has 0 aliphatic carbocycles. The van der Waals surface area contributed by atoms with Crippen LogP contribution in [0, 0.1) is 0 Å². The van der Waals surface area contributed by atoms with E-state index in [4.69, 9.17) is 10.6 Å². The van der Waals surface area contributed by atoms with Crippen LogP contribution < -0.4 is 11.2 Å². The van der Waals surface area contributed by atoms with E-state index in [1.165, 1.54) is 77.0 Å². The van der Waals surface area contributed by atoms with Crippen molar-refractivity contribution in [2.75, 3.05) is 5.73 Å². The number of nitrogens with two attached hydrogens (primary N) is 1. The first-order chi connectivity index (χ1) is 14.6. The molecular formula is C25H42N2O3. The highest BCUT2D eigenvalue weighted by Gasteiger charge is 2.12. The van der Waals surface area contributed by atoms with Crippen LogP contribution in [0.15, 0.2) is 24.3 Å². The Morgan fingerprint density at radius 2 is 1.23 bits per heavy atom. The Labute approximate surface area is 183 Å². The molecule has 0 radical (unpaired) electrons. The van der Waals surface area contributed by atoms with Gasteiger partial charge in [-0.1, -0.05) is 109 Å². The van der Waals surface area contributed by atoms with E-state index in [9.17, 15) is 9.59 Å². The average Bonchev–Trinajstić information content (AvgIpc) is 2.75. The number of anilines is 1. The monoisotopic (exact) mass is 418 g/mol. The average molecular weight is 419 g/mol. The van der Waals surface area contributed by atoms with Gasteiger partial charge in [-0.05, 0) is 18.6 Å². The number of carbonyl (C=O) groups excluding carboxylic acids is 2. The van der Waals surface area contributed by atoms with Crippen molar-refractivity contribution in [1.82, 2.24) is 5.48 Å². The number of nitrogens with one attached hydrogen (secondary N) is 1. The van der Waals surface area contributed by atoms with Gasteiger partial charge in [-0.15, -0.1) is 0 Å². The largest absolute Gasteiger partial charge is 0.398 e. The Balaban J connectivity index is 1.87. The van der Waals surface area contributed by atoms with E-state index in [-0.39, 0.29) is 11.5 Å². The van der Waals surface area contributed by atoms with E-state index in [1.807, 2.05) is 0 Å². The summed E-state index contributed by atoms with van der Waals surface area (Å²) in [5.74, 6) is -0.912. The number of rotatable bonds is 17. The van der Waals surface area contributed by atoms with E-state index >= 15 is 0 Å². The fourth-order valence-corrected chi connectivity index (χ4v) is 3.55. The van der Waals surface area contributed by atoms with Crippen LogP contribution in [-0.4, -0.2) is 11.9 Å². The van der Waals surface area contributed by atoms with Crippen LogP contribution in [0.4, 0.5) is 5.69 Å². The maximum Gasteiger partial charge on any atom is 0.365 e. The van der Waals surface area contributed by atoms with Crippen molar-refractivity contribution in [3.8, 4) is 0 Å². The summed E-state index contributed by atoms with van der Waals surface area (Å²) in [6.45, 7) is 2.26. The van der Waals surface area contributed by atoms with Gasteiger partial charge in [0.25, 0.3) is 5.91 Å². The number of unbranched alkanes of at least 4 members (excludes halogenated alkanes) is 14. The van der Waals surface area contributed by atoms with Crippen LogP contribution in [-0.2, 0) is 9.63 Å². The second-order valence-corrected chi connectivity index (χ2v) is 8.20. The van der Waals surface area contributed by atoms with Gasteiger partial charge in [0.05, 0.1) is 5.56 Å². The van der Waals surface area contributed by atoms with Crippen molar-refractivity contribution in [2.24, 2.45) is 0 Å². The van der Waals surface area contributed by atoms with E-state index in [0.717, 1.165) is 19.3 Å². The van der Waals surface area contributed by atoms with E-state index in [0.29, 0.717) is 12.1 Å². The lowest BCUT2D eigenvalue weighted by atomic mass is 10.0. The molecule has 5 nitrogen and oxygen atoms in total. The summed E-state index contributed by atoms with van der Waals surface area (Å²) in [7, 11) is 0. The first kappa shape index (κ1) is 26.0. The topological polar surface area (TPSA) is 81.4 Å². The molecule has 170 valence electrons. The van der Waals surface area contributed by atoms with Crippen molar-refractivity contribution in [3.05, 3.63) is 29.8 Å². The predicted molar refractivity (Wildman–Crippen MR) is 124 cm³/mol. The highest BCUT2D eigenvalue weighted by Crippen LogP contribution is 2.14. The third-order valence-corrected chi connectivity index (χ3v) is 5.45. The molecule has 0 bridgehead atoms. The minimum Gasteiger partial charge on any atom is -0.398 e. The normalized spacial score (nSPS) is 10.7. The summed E-state index contributed by atoms with van der Waals surface area (Å²) in [5.41, 5.74) is 8.51. The highest BCUT2D eigenvalue weighted by molar-refractivity contribution is 5.95. The Morgan fingerprint density at radius 1 is 0.767 bits per heavy atom. The molecular weight excluding hydrogens is 376 g/mol. The van der Waals surface area contributed by atoms with Crippen LogP contribution in [0.5, 0.6) is 0 Å². The highest BCUT2D eigenvalue weighted by atomic mass is 16.7. The minimum absolute atomic E-state index is 0.254. The molecule has 0 aliphatic rings. The number of benzene rings is 1. The molecule has 0 heterocycles. The van der Waals surface area contributed by atoms with Crippen molar-refractivity contribution in [2.45, 2.75) is 110 Å². The molecule has 0 unspecified atom stereocenters. The van der Waals surface area contributed by atoms with Gasteiger partial charge < -0.3 is 10.6 Å². The summed E-state index contributed by atoms with van der Waals surface area (Å²) in [6, 6.07) is 6.62. The van der Waals surface area contributed by atoms with Gasteiger partial charge in [0, 0.05) is 12.1 Å². The van der Waals surface area contributed by atoms with Gasteiger partial charge in [-0.2, -0.15) is 5.48 Å². The predicted octanol–water partition coefficient (Wildman–Crippen LogP) is 6.72. The lowest BCUT2D eigenvalue weighted by Crippen LogP contribution is -2.27. The summed E-state index contributed by atoms with van der Waals surface area (Å²) in [5, 5.41) is 0. The molecule has 1 aromatic carbocycles. The summed E-state index contributed by atoms with van der Waals surface area (Å²) in [6.07, 6.45) is 19.7. The number of nitrogen functional groups attached to an aromatic ring is 1. The zero-order chi connectivity index (χ0) is 21.9. The Kier molecular flexibility index (Phi) is 15.4. The molecule has 1 rings (SSSR count). The number of amides is 1. The minimum atomic E-state index is -0.641.